The average Bonchev–Trinajstić information content (AvgIpc) is 2.90. The van der Waals surface area contributed by atoms with E-state index in [1.807, 2.05) is 0 Å². The van der Waals surface area contributed by atoms with Gasteiger partial charge in [-0.3, -0.25) is 0 Å². The number of rotatable bonds is 3. The van der Waals surface area contributed by atoms with Crippen LogP contribution in [-0.4, -0.2) is 30.6 Å². The van der Waals surface area contributed by atoms with Gasteiger partial charge in [-0.1, -0.05) is 34.8 Å². The first-order valence-electron chi connectivity index (χ1n) is 6.02. The van der Waals surface area contributed by atoms with Crippen molar-refractivity contribution >= 4 is 40.8 Å². The predicted octanol–water partition coefficient (Wildman–Crippen LogP) is 3.49. The molecule has 1 heterocycles. The number of aryl methyl sites for hydroxylation is 1. The highest BCUT2D eigenvalue weighted by atomic mass is 35.6. The zero-order chi connectivity index (χ0) is 15.6. The summed E-state index contributed by atoms with van der Waals surface area (Å²) in [5.74, 6) is -0.545. The van der Waals surface area contributed by atoms with Gasteiger partial charge in [-0.2, -0.15) is 5.10 Å². The van der Waals surface area contributed by atoms with Crippen molar-refractivity contribution in [3.8, 4) is 5.69 Å². The molecule has 0 amide bonds. The maximum Gasteiger partial charge on any atom is 0.338 e. The third-order valence-corrected chi connectivity index (χ3v) is 3.78. The Bertz CT molecular complexity index is 639. The van der Waals surface area contributed by atoms with Gasteiger partial charge in [0.25, 0.3) is 0 Å². The van der Waals surface area contributed by atoms with E-state index in [1.165, 1.54) is 13.3 Å². The fraction of sp³-hybridized carbons (Fsp3) is 0.308. The zero-order valence-electron chi connectivity index (χ0n) is 11.3. The Morgan fingerprint density at radius 2 is 2.10 bits per heavy atom. The number of hydrogen-bond donors (Lipinski definition) is 0. The highest BCUT2D eigenvalue weighted by Gasteiger charge is 2.32. The second-order valence-electron chi connectivity index (χ2n) is 4.43. The molecule has 5 nitrogen and oxygen atoms in total. The number of nitrogens with zero attached hydrogens (tertiary/aromatic N) is 3. The largest absolute Gasteiger partial charge is 0.455 e. The summed E-state index contributed by atoms with van der Waals surface area (Å²) in [6, 6.07) is 5.17. The molecule has 0 aliphatic rings. The number of halogens is 3. The third kappa shape index (κ3) is 3.87. The van der Waals surface area contributed by atoms with E-state index in [9.17, 15) is 4.79 Å². The fourth-order valence-electron chi connectivity index (χ4n) is 1.65. The van der Waals surface area contributed by atoms with Crippen LogP contribution in [0.5, 0.6) is 0 Å². The lowest BCUT2D eigenvalue weighted by Crippen LogP contribution is -2.28. The van der Waals surface area contributed by atoms with Crippen molar-refractivity contribution in [2.24, 2.45) is 0 Å². The minimum absolute atomic E-state index is 0.403. The molecule has 0 radical (unpaired) electrons. The van der Waals surface area contributed by atoms with Crippen molar-refractivity contribution in [2.45, 2.75) is 23.7 Å². The number of carbonyl (C=O) groups is 1. The Hall–Kier alpha value is -1.30. The third-order valence-electron chi connectivity index (χ3n) is 2.86. The summed E-state index contributed by atoms with van der Waals surface area (Å²) >= 11 is 17.0. The van der Waals surface area contributed by atoms with Crippen LogP contribution >= 0.6 is 34.8 Å². The molecule has 0 fully saturated rings. The maximum atomic E-state index is 12.1. The highest BCUT2D eigenvalue weighted by Crippen LogP contribution is 2.32. The van der Waals surface area contributed by atoms with E-state index in [-0.39, 0.29) is 0 Å². The van der Waals surface area contributed by atoms with Crippen molar-refractivity contribution in [1.29, 1.82) is 0 Å². The van der Waals surface area contributed by atoms with Crippen LogP contribution in [0.4, 0.5) is 0 Å². The van der Waals surface area contributed by atoms with Gasteiger partial charge in [-0.25, -0.2) is 14.5 Å². The maximum absolute atomic E-state index is 12.1. The second kappa shape index (κ2) is 6.22. The summed E-state index contributed by atoms with van der Waals surface area (Å²) in [5.41, 5.74) is 1.92. The van der Waals surface area contributed by atoms with Gasteiger partial charge in [0.2, 0.25) is 3.79 Å². The van der Waals surface area contributed by atoms with Crippen molar-refractivity contribution in [1.82, 2.24) is 14.8 Å². The number of alkyl halides is 3. The quantitative estimate of drug-likeness (QED) is 0.629. The van der Waals surface area contributed by atoms with Crippen LogP contribution in [0.2, 0.25) is 0 Å². The van der Waals surface area contributed by atoms with Crippen LogP contribution in [0.25, 0.3) is 5.69 Å². The molecule has 112 valence electrons. The molecule has 8 heteroatoms. The smallest absolute Gasteiger partial charge is 0.338 e. The SMILES string of the molecule is Cc1cc(-n2cncn2)ccc1C(=O)O[C@@H](C)C(Cl)(Cl)Cl. The van der Waals surface area contributed by atoms with Gasteiger partial charge >= 0.3 is 5.97 Å². The first kappa shape index (κ1) is 16.1. The molecule has 2 aromatic rings. The summed E-state index contributed by atoms with van der Waals surface area (Å²) in [6.45, 7) is 3.31. The van der Waals surface area contributed by atoms with Crippen LogP contribution in [0.15, 0.2) is 30.9 Å². The predicted molar refractivity (Wildman–Crippen MR) is 81.3 cm³/mol. The van der Waals surface area contributed by atoms with Gasteiger partial charge in [0.05, 0.1) is 11.3 Å². The summed E-state index contributed by atoms with van der Waals surface area (Å²) in [5, 5.41) is 4.02. The van der Waals surface area contributed by atoms with Crippen LogP contribution in [0, 0.1) is 6.92 Å². The molecule has 0 aliphatic heterocycles. The molecule has 0 saturated carbocycles. The molecular formula is C13H12Cl3N3O2. The Kier molecular flexibility index (Phi) is 4.76. The number of ether oxygens (including phenoxy) is 1. The van der Waals surface area contributed by atoms with Crippen LogP contribution < -0.4 is 0 Å². The Morgan fingerprint density at radius 3 is 2.62 bits per heavy atom. The molecule has 0 aliphatic carbocycles. The number of carbonyl (C=O) groups excluding carboxylic acids is 1. The summed E-state index contributed by atoms with van der Waals surface area (Å²) in [4.78, 5) is 16.0. The molecule has 0 unspecified atom stereocenters. The monoisotopic (exact) mass is 347 g/mol. The molecule has 21 heavy (non-hydrogen) atoms. The molecule has 0 N–H and O–H groups in total. The minimum atomic E-state index is -1.66. The fourth-order valence-corrected chi connectivity index (χ4v) is 1.79. The van der Waals surface area contributed by atoms with Crippen LogP contribution in [0.3, 0.4) is 0 Å². The van der Waals surface area contributed by atoms with Crippen LogP contribution in [-0.2, 0) is 4.74 Å². The Balaban J connectivity index is 2.19. The van der Waals surface area contributed by atoms with E-state index in [2.05, 4.69) is 10.1 Å². The number of esters is 1. The molecule has 0 spiro atoms. The van der Waals surface area contributed by atoms with Crippen molar-refractivity contribution < 1.29 is 9.53 Å². The van der Waals surface area contributed by atoms with E-state index in [0.717, 1.165) is 11.3 Å². The van der Waals surface area contributed by atoms with Gasteiger partial charge < -0.3 is 4.74 Å². The molecule has 2 rings (SSSR count). The van der Waals surface area contributed by atoms with Gasteiger partial charge in [0.1, 0.15) is 18.8 Å². The van der Waals surface area contributed by atoms with E-state index in [4.69, 9.17) is 39.5 Å². The molecule has 0 bridgehead atoms. The number of aromatic nitrogens is 3. The molecular weight excluding hydrogens is 337 g/mol. The number of hydrogen-bond acceptors (Lipinski definition) is 4. The molecule has 1 aromatic heterocycles. The van der Waals surface area contributed by atoms with Gasteiger partial charge in [0.15, 0.2) is 0 Å². The number of benzene rings is 1. The van der Waals surface area contributed by atoms with Gasteiger partial charge in [-0.05, 0) is 37.6 Å². The minimum Gasteiger partial charge on any atom is -0.455 e. The van der Waals surface area contributed by atoms with E-state index >= 15 is 0 Å². The summed E-state index contributed by atoms with van der Waals surface area (Å²) < 4.78 is 5.07. The normalized spacial score (nSPS) is 13.0. The Labute approximate surface area is 136 Å². The van der Waals surface area contributed by atoms with Crippen molar-refractivity contribution in [3.05, 3.63) is 42.0 Å². The summed E-state index contributed by atoms with van der Waals surface area (Å²) in [6.07, 6.45) is 2.14. The molecule has 0 saturated heterocycles. The Morgan fingerprint density at radius 1 is 1.38 bits per heavy atom. The van der Waals surface area contributed by atoms with Crippen LogP contribution in [0.1, 0.15) is 22.8 Å². The lowest BCUT2D eigenvalue weighted by molar-refractivity contribution is 0.0348. The van der Waals surface area contributed by atoms with E-state index in [1.54, 1.807) is 36.1 Å². The topological polar surface area (TPSA) is 57.0 Å². The van der Waals surface area contributed by atoms with Gasteiger partial charge in [0, 0.05) is 0 Å². The first-order chi connectivity index (χ1) is 9.79. The molecule has 1 atom stereocenters. The van der Waals surface area contributed by atoms with E-state index in [0.29, 0.717) is 5.56 Å². The second-order valence-corrected chi connectivity index (χ2v) is 6.80. The van der Waals surface area contributed by atoms with Gasteiger partial charge in [-0.15, -0.1) is 0 Å². The highest BCUT2D eigenvalue weighted by molar-refractivity contribution is 6.68. The first-order valence-corrected chi connectivity index (χ1v) is 7.16. The lowest BCUT2D eigenvalue weighted by atomic mass is 10.1. The lowest BCUT2D eigenvalue weighted by Gasteiger charge is -2.20. The van der Waals surface area contributed by atoms with Crippen molar-refractivity contribution in [2.75, 3.05) is 0 Å². The molecule has 1 aromatic carbocycles. The van der Waals surface area contributed by atoms with E-state index < -0.39 is 15.9 Å². The standard InChI is InChI=1S/C13H12Cl3N3O2/c1-8-5-10(19-7-17-6-18-19)3-4-11(8)12(20)21-9(2)13(14,15)16/h3-7,9H,1-2H3/t9-/m0/s1. The average molecular weight is 349 g/mol. The van der Waals surface area contributed by atoms with Crippen molar-refractivity contribution in [3.63, 3.8) is 0 Å². The summed E-state index contributed by atoms with van der Waals surface area (Å²) in [7, 11) is 0. The zero-order valence-corrected chi connectivity index (χ0v) is 13.5.